The molecule has 0 spiro atoms. The van der Waals surface area contributed by atoms with Crippen molar-refractivity contribution in [2.24, 2.45) is 0 Å². The maximum absolute atomic E-state index is 12.1. The molecule has 4 heteroatoms. The first-order valence-corrected chi connectivity index (χ1v) is 8.99. The Morgan fingerprint density at radius 2 is 1.75 bits per heavy atom. The molecule has 2 aromatic rings. The average Bonchev–Trinajstić information content (AvgIpc) is 3.02. The number of rotatable bonds is 11. The second-order valence-electron chi connectivity index (χ2n) is 6.21. The molecular weight excluding hydrogens is 302 g/mol. The normalized spacial score (nSPS) is 10.9. The van der Waals surface area contributed by atoms with E-state index in [0.717, 1.165) is 30.2 Å². The number of fused-ring (bicyclic) bond motifs is 1. The number of hydrogen-bond acceptors (Lipinski definition) is 3. The molecule has 0 aliphatic carbocycles. The van der Waals surface area contributed by atoms with Crippen molar-refractivity contribution in [3.63, 3.8) is 0 Å². The Morgan fingerprint density at radius 1 is 1.04 bits per heavy atom. The van der Waals surface area contributed by atoms with Crippen LogP contribution in [0.3, 0.4) is 0 Å². The van der Waals surface area contributed by atoms with Crippen molar-refractivity contribution in [1.29, 1.82) is 0 Å². The van der Waals surface area contributed by atoms with Gasteiger partial charge in [0, 0.05) is 11.6 Å². The fraction of sp³-hybridized carbons (Fsp3) is 0.500. The lowest BCUT2D eigenvalue weighted by atomic mass is 10.1. The zero-order valence-corrected chi connectivity index (χ0v) is 14.5. The van der Waals surface area contributed by atoms with Gasteiger partial charge in [-0.2, -0.15) is 0 Å². The van der Waals surface area contributed by atoms with Crippen molar-refractivity contribution in [2.75, 3.05) is 6.61 Å². The highest BCUT2D eigenvalue weighted by Crippen LogP contribution is 2.17. The van der Waals surface area contributed by atoms with Crippen LogP contribution in [0, 0.1) is 0 Å². The summed E-state index contributed by atoms with van der Waals surface area (Å²) in [6.45, 7) is 2.68. The van der Waals surface area contributed by atoms with Crippen molar-refractivity contribution in [1.82, 2.24) is 4.57 Å². The Hall–Kier alpha value is -2.10. The van der Waals surface area contributed by atoms with Gasteiger partial charge in [0.25, 0.3) is 0 Å². The van der Waals surface area contributed by atoms with Crippen LogP contribution in [0.1, 0.15) is 68.6 Å². The third-order valence-electron chi connectivity index (χ3n) is 4.30. The van der Waals surface area contributed by atoms with Crippen LogP contribution in [0.2, 0.25) is 0 Å². The Kier molecular flexibility index (Phi) is 7.53. The topological polar surface area (TPSA) is 48.3 Å². The molecule has 0 saturated heterocycles. The highest BCUT2D eigenvalue weighted by atomic mass is 16.5. The zero-order valence-electron chi connectivity index (χ0n) is 14.5. The van der Waals surface area contributed by atoms with E-state index < -0.39 is 0 Å². The minimum Gasteiger partial charge on any atom is -0.462 e. The van der Waals surface area contributed by atoms with Gasteiger partial charge in [0.2, 0.25) is 6.41 Å². The summed E-state index contributed by atoms with van der Waals surface area (Å²) in [6.07, 6.45) is 12.2. The van der Waals surface area contributed by atoms with Crippen LogP contribution in [-0.4, -0.2) is 23.6 Å². The summed E-state index contributed by atoms with van der Waals surface area (Å²) in [6, 6.07) is 7.13. The number of esters is 1. The van der Waals surface area contributed by atoms with Crippen LogP contribution < -0.4 is 0 Å². The van der Waals surface area contributed by atoms with E-state index >= 15 is 0 Å². The maximum Gasteiger partial charge on any atom is 0.338 e. The molecule has 0 bridgehead atoms. The number of unbranched alkanes of at least 4 members (excludes halogenated alkanes) is 7. The van der Waals surface area contributed by atoms with Crippen LogP contribution >= 0.6 is 0 Å². The summed E-state index contributed by atoms with van der Waals surface area (Å²) in [5, 5.41) is 0.932. The molecule has 1 aromatic heterocycles. The first-order chi connectivity index (χ1) is 11.8. The smallest absolute Gasteiger partial charge is 0.338 e. The van der Waals surface area contributed by atoms with Gasteiger partial charge in [0.1, 0.15) is 0 Å². The minimum atomic E-state index is -0.321. The van der Waals surface area contributed by atoms with Gasteiger partial charge >= 0.3 is 5.97 Å². The summed E-state index contributed by atoms with van der Waals surface area (Å²) in [4.78, 5) is 23.1. The van der Waals surface area contributed by atoms with Crippen LogP contribution in [0.5, 0.6) is 0 Å². The predicted molar refractivity (Wildman–Crippen MR) is 97.0 cm³/mol. The van der Waals surface area contributed by atoms with Crippen molar-refractivity contribution >= 4 is 23.3 Å². The van der Waals surface area contributed by atoms with Gasteiger partial charge in [-0.1, -0.05) is 57.9 Å². The van der Waals surface area contributed by atoms with Crippen LogP contribution in [0.15, 0.2) is 30.5 Å². The molecule has 24 heavy (non-hydrogen) atoms. The number of carbonyl (C=O) groups excluding carboxylic acids is 2. The van der Waals surface area contributed by atoms with Crippen molar-refractivity contribution in [3.8, 4) is 0 Å². The molecular formula is C20H27NO3. The fourth-order valence-electron chi connectivity index (χ4n) is 2.85. The third kappa shape index (κ3) is 5.22. The number of aromatic nitrogens is 1. The molecule has 0 saturated carbocycles. The molecule has 130 valence electrons. The van der Waals surface area contributed by atoms with Gasteiger partial charge in [0.05, 0.1) is 17.7 Å². The van der Waals surface area contributed by atoms with Crippen molar-refractivity contribution in [3.05, 3.63) is 36.0 Å². The first kappa shape index (κ1) is 18.2. The fourth-order valence-corrected chi connectivity index (χ4v) is 2.85. The Bertz CT molecular complexity index is 660. The average molecular weight is 329 g/mol. The summed E-state index contributed by atoms with van der Waals surface area (Å²) in [5.74, 6) is -0.321. The van der Waals surface area contributed by atoms with Gasteiger partial charge < -0.3 is 4.74 Å². The van der Waals surface area contributed by atoms with E-state index in [4.69, 9.17) is 4.74 Å². The molecule has 2 rings (SSSR count). The lowest BCUT2D eigenvalue weighted by Gasteiger charge is -2.06. The number of benzene rings is 1. The van der Waals surface area contributed by atoms with Gasteiger partial charge in [-0.25, -0.2) is 4.79 Å². The van der Waals surface area contributed by atoms with E-state index in [2.05, 4.69) is 6.92 Å². The molecule has 0 radical (unpaired) electrons. The zero-order chi connectivity index (χ0) is 17.2. The first-order valence-electron chi connectivity index (χ1n) is 8.99. The lowest BCUT2D eigenvalue weighted by Crippen LogP contribution is -2.06. The summed E-state index contributed by atoms with van der Waals surface area (Å²) < 4.78 is 6.80. The van der Waals surface area contributed by atoms with E-state index in [9.17, 15) is 9.59 Å². The van der Waals surface area contributed by atoms with Crippen LogP contribution in [0.25, 0.3) is 10.9 Å². The highest BCUT2D eigenvalue weighted by Gasteiger charge is 2.09. The highest BCUT2D eigenvalue weighted by molar-refractivity contribution is 5.96. The summed E-state index contributed by atoms with van der Waals surface area (Å²) >= 11 is 0. The number of nitrogens with zero attached hydrogens (tertiary/aromatic N) is 1. The van der Waals surface area contributed by atoms with Gasteiger partial charge in [-0.3, -0.25) is 9.36 Å². The minimum absolute atomic E-state index is 0.321. The lowest BCUT2D eigenvalue weighted by molar-refractivity contribution is 0.0498. The predicted octanol–water partition coefficient (Wildman–Crippen LogP) is 4.98. The molecule has 0 amide bonds. The maximum atomic E-state index is 12.1. The molecule has 0 unspecified atom stereocenters. The van der Waals surface area contributed by atoms with Gasteiger partial charge in [-0.05, 0) is 24.6 Å². The number of carbonyl (C=O) groups is 2. The van der Waals surface area contributed by atoms with E-state index in [1.807, 2.05) is 12.1 Å². The van der Waals surface area contributed by atoms with E-state index in [-0.39, 0.29) is 5.97 Å². The van der Waals surface area contributed by atoms with Gasteiger partial charge in [0.15, 0.2) is 0 Å². The third-order valence-corrected chi connectivity index (χ3v) is 4.30. The number of hydrogen-bond donors (Lipinski definition) is 0. The monoisotopic (exact) mass is 329 g/mol. The Morgan fingerprint density at radius 3 is 2.46 bits per heavy atom. The van der Waals surface area contributed by atoms with Crippen LogP contribution in [0.4, 0.5) is 0 Å². The van der Waals surface area contributed by atoms with Crippen molar-refractivity contribution in [2.45, 2.75) is 58.3 Å². The van der Waals surface area contributed by atoms with E-state index in [0.29, 0.717) is 12.2 Å². The molecule has 4 nitrogen and oxygen atoms in total. The van der Waals surface area contributed by atoms with Crippen LogP contribution in [-0.2, 0) is 9.53 Å². The quantitative estimate of drug-likeness (QED) is 0.332. The Balaban J connectivity index is 1.70. The molecule has 0 aliphatic heterocycles. The largest absolute Gasteiger partial charge is 0.462 e. The molecule has 1 heterocycles. The molecule has 0 atom stereocenters. The SMILES string of the molecule is CCCCCCCCCCOC(=O)c1ccc2ccn(C=O)c2c1. The molecule has 1 aromatic carbocycles. The standard InChI is InChI=1S/C20H27NO3/c1-2-3-4-5-6-7-8-9-14-24-20(23)18-11-10-17-12-13-21(16-22)19(17)15-18/h10-13,15-16H,2-9,14H2,1H3. The molecule has 0 N–H and O–H groups in total. The second kappa shape index (κ2) is 9.91. The van der Waals surface area contributed by atoms with E-state index in [1.165, 1.54) is 43.1 Å². The van der Waals surface area contributed by atoms with Crippen molar-refractivity contribution < 1.29 is 14.3 Å². The molecule has 0 fully saturated rings. The summed E-state index contributed by atoms with van der Waals surface area (Å²) in [7, 11) is 0. The number of ether oxygens (including phenoxy) is 1. The Labute approximate surface area is 143 Å². The molecule has 0 aliphatic rings. The summed E-state index contributed by atoms with van der Waals surface area (Å²) in [5.41, 5.74) is 1.22. The van der Waals surface area contributed by atoms with Gasteiger partial charge in [-0.15, -0.1) is 0 Å². The second-order valence-corrected chi connectivity index (χ2v) is 6.21. The van der Waals surface area contributed by atoms with E-state index in [1.54, 1.807) is 18.3 Å².